The number of cyclic esters (lactones) is 2. The van der Waals surface area contributed by atoms with Crippen molar-refractivity contribution in [1.29, 1.82) is 0 Å². The average molecular weight is 322 g/mol. The minimum atomic E-state index is -1.17. The van der Waals surface area contributed by atoms with Crippen molar-refractivity contribution in [2.45, 2.75) is 57.2 Å². The van der Waals surface area contributed by atoms with Gasteiger partial charge in [-0.15, -0.1) is 0 Å². The van der Waals surface area contributed by atoms with Crippen LogP contribution >= 0.6 is 0 Å². The number of hydrogen-bond donors (Lipinski definition) is 0. The maximum atomic E-state index is 12.3. The molecule has 2 saturated carbocycles. The summed E-state index contributed by atoms with van der Waals surface area (Å²) in [7, 11) is 0. The van der Waals surface area contributed by atoms with Gasteiger partial charge in [-0.05, 0) is 12.8 Å². The number of carbonyl (C=O) groups is 3. The lowest BCUT2D eigenvalue weighted by atomic mass is 9.55. The summed E-state index contributed by atoms with van der Waals surface area (Å²) in [5, 5.41) is 0. The zero-order valence-corrected chi connectivity index (χ0v) is 13.2. The lowest BCUT2D eigenvalue weighted by molar-refractivity contribution is -0.179. The summed E-state index contributed by atoms with van der Waals surface area (Å²) in [5.41, 5.74) is -0.795. The summed E-state index contributed by atoms with van der Waals surface area (Å²) in [6.07, 6.45) is 0.807. The zero-order chi connectivity index (χ0) is 16.4. The lowest BCUT2D eigenvalue weighted by Gasteiger charge is -2.44. The SMILES string of the molecule is CC(=O)O[C@@]12O[C@@H]1C(C)(C)C[C@]13O[C@H]1C[C@H]1C(=O)OC(=O)[C@H]1[C@H]32. The fourth-order valence-corrected chi connectivity index (χ4v) is 5.57. The Labute approximate surface area is 132 Å². The molecule has 3 saturated heterocycles. The molecule has 0 radical (unpaired) electrons. The van der Waals surface area contributed by atoms with Crippen molar-refractivity contribution < 1.29 is 33.3 Å². The third-order valence-corrected chi connectivity index (χ3v) is 6.20. The van der Waals surface area contributed by atoms with Crippen LogP contribution in [0.3, 0.4) is 0 Å². The van der Waals surface area contributed by atoms with Crippen LogP contribution in [0.15, 0.2) is 0 Å². The molecule has 3 aliphatic heterocycles. The predicted molar refractivity (Wildman–Crippen MR) is 71.6 cm³/mol. The molecule has 0 unspecified atom stereocenters. The van der Waals surface area contributed by atoms with Crippen molar-refractivity contribution in [3.8, 4) is 0 Å². The Hall–Kier alpha value is -1.47. The van der Waals surface area contributed by atoms with Crippen molar-refractivity contribution in [2.24, 2.45) is 23.2 Å². The lowest BCUT2D eigenvalue weighted by Crippen LogP contribution is -2.58. The van der Waals surface area contributed by atoms with Crippen LogP contribution in [0, 0.1) is 23.2 Å². The van der Waals surface area contributed by atoms with E-state index in [0.717, 1.165) is 0 Å². The number of ether oxygens (including phenoxy) is 4. The second kappa shape index (κ2) is 3.62. The molecule has 5 aliphatic rings. The second-order valence-corrected chi connectivity index (χ2v) is 8.13. The summed E-state index contributed by atoms with van der Waals surface area (Å²) in [6.45, 7) is 5.43. The quantitative estimate of drug-likeness (QED) is 0.395. The van der Waals surface area contributed by atoms with Crippen LogP contribution in [0.4, 0.5) is 0 Å². The van der Waals surface area contributed by atoms with Crippen LogP contribution in [-0.2, 0) is 33.3 Å². The van der Waals surface area contributed by atoms with Crippen LogP contribution in [0.2, 0.25) is 0 Å². The van der Waals surface area contributed by atoms with E-state index in [-0.39, 0.29) is 17.6 Å². The number of rotatable bonds is 1. The highest BCUT2D eigenvalue weighted by Gasteiger charge is 2.88. The first-order chi connectivity index (χ1) is 10.7. The molecule has 5 fully saturated rings. The second-order valence-electron chi connectivity index (χ2n) is 8.13. The molecular weight excluding hydrogens is 304 g/mol. The van der Waals surface area contributed by atoms with E-state index in [1.165, 1.54) is 6.92 Å². The van der Waals surface area contributed by atoms with Gasteiger partial charge in [0.1, 0.15) is 11.7 Å². The molecule has 2 aliphatic carbocycles. The molecule has 0 N–H and O–H groups in total. The molecule has 1 spiro atoms. The van der Waals surface area contributed by atoms with Crippen LogP contribution < -0.4 is 0 Å². The summed E-state index contributed by atoms with van der Waals surface area (Å²) < 4.78 is 22.4. The van der Waals surface area contributed by atoms with E-state index in [0.29, 0.717) is 12.8 Å². The topological polar surface area (TPSA) is 94.7 Å². The van der Waals surface area contributed by atoms with E-state index in [1.807, 2.05) is 0 Å². The maximum Gasteiger partial charge on any atom is 0.318 e. The summed E-state index contributed by atoms with van der Waals surface area (Å²) >= 11 is 0. The molecule has 7 atom stereocenters. The van der Waals surface area contributed by atoms with Crippen LogP contribution in [0.1, 0.15) is 33.6 Å². The largest absolute Gasteiger partial charge is 0.430 e. The molecule has 0 aromatic rings. The van der Waals surface area contributed by atoms with Crippen LogP contribution in [-0.4, -0.2) is 41.5 Å². The van der Waals surface area contributed by atoms with E-state index in [9.17, 15) is 14.4 Å². The van der Waals surface area contributed by atoms with E-state index < -0.39 is 47.0 Å². The summed E-state index contributed by atoms with van der Waals surface area (Å²) in [5.74, 6) is -4.32. The van der Waals surface area contributed by atoms with Crippen LogP contribution in [0.5, 0.6) is 0 Å². The standard InChI is InChI=1S/C16H18O7/c1-6(17)21-16-10-9-7(11(18)20-12(9)19)4-8-15(10,22-8)5-14(2,3)13(16)23-16/h7-10,13H,4-5H2,1-3H3/t7-,8+,9-,10-,13-,15+,16+/m1/s1. The normalized spacial score (nSPS) is 54.1. The minimum Gasteiger partial charge on any atom is -0.430 e. The molecule has 23 heavy (non-hydrogen) atoms. The van der Waals surface area contributed by atoms with Gasteiger partial charge < -0.3 is 18.9 Å². The predicted octanol–water partition coefficient (Wildman–Crippen LogP) is 0.548. The van der Waals surface area contributed by atoms with Crippen LogP contribution in [0.25, 0.3) is 0 Å². The Morgan fingerprint density at radius 3 is 2.65 bits per heavy atom. The van der Waals surface area contributed by atoms with Crippen molar-refractivity contribution in [3.63, 3.8) is 0 Å². The van der Waals surface area contributed by atoms with Gasteiger partial charge in [0, 0.05) is 12.3 Å². The van der Waals surface area contributed by atoms with E-state index in [2.05, 4.69) is 13.8 Å². The first-order valence-corrected chi connectivity index (χ1v) is 8.02. The molecule has 3 heterocycles. The smallest absolute Gasteiger partial charge is 0.318 e. The van der Waals surface area contributed by atoms with E-state index in [4.69, 9.17) is 18.9 Å². The van der Waals surface area contributed by atoms with Crippen molar-refractivity contribution in [1.82, 2.24) is 0 Å². The molecular formula is C16H18O7. The van der Waals surface area contributed by atoms with Gasteiger partial charge in [-0.2, -0.15) is 0 Å². The first-order valence-electron chi connectivity index (χ1n) is 8.02. The number of hydrogen-bond acceptors (Lipinski definition) is 7. The van der Waals surface area contributed by atoms with Gasteiger partial charge in [-0.25, -0.2) is 0 Å². The maximum absolute atomic E-state index is 12.3. The molecule has 7 heteroatoms. The molecule has 0 bridgehead atoms. The van der Waals surface area contributed by atoms with Gasteiger partial charge in [0.2, 0.25) is 5.79 Å². The Morgan fingerprint density at radius 2 is 1.96 bits per heavy atom. The Balaban J connectivity index is 1.64. The number of epoxide rings is 2. The van der Waals surface area contributed by atoms with Gasteiger partial charge >= 0.3 is 17.9 Å². The fraction of sp³-hybridized carbons (Fsp3) is 0.812. The highest BCUT2D eigenvalue weighted by Crippen LogP contribution is 2.74. The molecule has 124 valence electrons. The van der Waals surface area contributed by atoms with Gasteiger partial charge in [0.15, 0.2) is 0 Å². The highest BCUT2D eigenvalue weighted by atomic mass is 16.8. The van der Waals surface area contributed by atoms with Crippen molar-refractivity contribution in [3.05, 3.63) is 0 Å². The Kier molecular flexibility index (Phi) is 2.19. The third kappa shape index (κ3) is 1.46. The number of carbonyl (C=O) groups excluding carboxylic acids is 3. The zero-order valence-electron chi connectivity index (χ0n) is 13.2. The van der Waals surface area contributed by atoms with E-state index >= 15 is 0 Å². The van der Waals surface area contributed by atoms with Crippen molar-refractivity contribution >= 4 is 17.9 Å². The first kappa shape index (κ1) is 13.9. The van der Waals surface area contributed by atoms with Gasteiger partial charge in [-0.1, -0.05) is 13.8 Å². The molecule has 0 amide bonds. The number of esters is 3. The molecule has 0 aromatic heterocycles. The molecule has 7 nitrogen and oxygen atoms in total. The summed E-state index contributed by atoms with van der Waals surface area (Å²) in [4.78, 5) is 35.9. The molecule has 0 aromatic carbocycles. The Morgan fingerprint density at radius 1 is 1.22 bits per heavy atom. The average Bonchev–Trinajstić information content (AvgIpc) is 3.26. The summed E-state index contributed by atoms with van der Waals surface area (Å²) in [6, 6.07) is 0. The van der Waals surface area contributed by atoms with Crippen molar-refractivity contribution in [2.75, 3.05) is 0 Å². The number of fused-ring (bicyclic) bond motifs is 4. The van der Waals surface area contributed by atoms with Gasteiger partial charge in [-0.3, -0.25) is 14.4 Å². The highest BCUT2D eigenvalue weighted by molar-refractivity contribution is 5.97. The van der Waals surface area contributed by atoms with Gasteiger partial charge in [0.25, 0.3) is 0 Å². The fourth-order valence-electron chi connectivity index (χ4n) is 5.57. The monoisotopic (exact) mass is 322 g/mol. The minimum absolute atomic E-state index is 0.107. The van der Waals surface area contributed by atoms with Gasteiger partial charge in [0.05, 0.1) is 23.9 Å². The van der Waals surface area contributed by atoms with E-state index in [1.54, 1.807) is 0 Å². The molecule has 5 rings (SSSR count). The third-order valence-electron chi connectivity index (χ3n) is 6.20. The Bertz CT molecular complexity index is 669.